The minimum Gasteiger partial charge on any atom is -0.393 e. The molecule has 5 heteroatoms. The number of aromatic nitrogens is 3. The van der Waals surface area contributed by atoms with Crippen LogP contribution in [-0.2, 0) is 0 Å². The van der Waals surface area contributed by atoms with Crippen LogP contribution < -0.4 is 5.32 Å². The maximum atomic E-state index is 9.74. The first-order valence-electron chi connectivity index (χ1n) is 8.87. The van der Waals surface area contributed by atoms with Crippen molar-refractivity contribution in [2.45, 2.75) is 77.5 Å². The first-order valence-corrected chi connectivity index (χ1v) is 8.87. The van der Waals surface area contributed by atoms with Crippen molar-refractivity contribution in [3.05, 3.63) is 18.0 Å². The quantitative estimate of drug-likeness (QED) is 0.880. The summed E-state index contributed by atoms with van der Waals surface area (Å²) in [7, 11) is 0. The molecule has 5 nitrogen and oxygen atoms in total. The van der Waals surface area contributed by atoms with Gasteiger partial charge in [-0.3, -0.25) is 0 Å². The van der Waals surface area contributed by atoms with E-state index < -0.39 is 0 Å². The number of hydrogen-bond donors (Lipinski definition) is 2. The van der Waals surface area contributed by atoms with Crippen molar-refractivity contribution in [2.75, 3.05) is 5.32 Å². The van der Waals surface area contributed by atoms with Crippen molar-refractivity contribution >= 4 is 17.0 Å². The van der Waals surface area contributed by atoms with Gasteiger partial charge in [-0.25, -0.2) is 4.98 Å². The molecular formula is C18H28N4O. The molecule has 0 spiro atoms. The van der Waals surface area contributed by atoms with Crippen LogP contribution in [0, 0.1) is 6.92 Å². The number of fused-ring (bicyclic) bond motifs is 1. The average molecular weight is 316 g/mol. The Hall–Kier alpha value is -1.62. The summed E-state index contributed by atoms with van der Waals surface area (Å²) in [5, 5.41) is 14.3. The molecular weight excluding hydrogens is 288 g/mol. The van der Waals surface area contributed by atoms with Gasteiger partial charge >= 0.3 is 0 Å². The number of anilines is 1. The zero-order valence-electron chi connectivity index (χ0n) is 14.4. The van der Waals surface area contributed by atoms with Crippen LogP contribution in [0.1, 0.15) is 64.0 Å². The van der Waals surface area contributed by atoms with E-state index in [-0.39, 0.29) is 6.10 Å². The molecule has 126 valence electrons. The molecule has 0 unspecified atom stereocenters. The molecule has 2 aromatic rings. The van der Waals surface area contributed by atoms with Gasteiger partial charge in [0.2, 0.25) is 5.95 Å². The molecule has 1 atom stereocenters. The van der Waals surface area contributed by atoms with Gasteiger partial charge < -0.3 is 15.0 Å². The van der Waals surface area contributed by atoms with Gasteiger partial charge in [-0.2, -0.15) is 4.98 Å². The van der Waals surface area contributed by atoms with Crippen molar-refractivity contribution in [1.29, 1.82) is 0 Å². The lowest BCUT2D eigenvalue weighted by atomic mass is 9.93. The molecule has 1 aliphatic rings. The van der Waals surface area contributed by atoms with Gasteiger partial charge in [0, 0.05) is 29.9 Å². The third-order valence-corrected chi connectivity index (χ3v) is 4.93. The Balaban J connectivity index is 1.89. The third-order valence-electron chi connectivity index (χ3n) is 4.93. The minimum atomic E-state index is -0.129. The summed E-state index contributed by atoms with van der Waals surface area (Å²) in [6.07, 6.45) is 10.1. The molecule has 1 fully saturated rings. The van der Waals surface area contributed by atoms with Gasteiger partial charge in [0.05, 0.1) is 6.10 Å². The largest absolute Gasteiger partial charge is 0.393 e. The van der Waals surface area contributed by atoms with Gasteiger partial charge in [0.25, 0.3) is 0 Å². The Morgan fingerprint density at radius 1 is 1.35 bits per heavy atom. The summed E-state index contributed by atoms with van der Waals surface area (Å²) >= 11 is 0. The maximum absolute atomic E-state index is 9.74. The molecule has 3 rings (SSSR count). The molecule has 0 amide bonds. The summed E-state index contributed by atoms with van der Waals surface area (Å²) in [4.78, 5) is 9.28. The van der Waals surface area contributed by atoms with Crippen molar-refractivity contribution in [2.24, 2.45) is 0 Å². The molecule has 0 radical (unpaired) electrons. The highest BCUT2D eigenvalue weighted by Gasteiger charge is 2.23. The molecule has 1 aliphatic carbocycles. The predicted octanol–water partition coefficient (Wildman–Crippen LogP) is 3.82. The molecule has 1 saturated carbocycles. The normalized spacial score (nSPS) is 23.1. The second-order valence-electron chi connectivity index (χ2n) is 6.95. The summed E-state index contributed by atoms with van der Waals surface area (Å²) in [5.41, 5.74) is 2.24. The Kier molecular flexibility index (Phi) is 4.85. The Morgan fingerprint density at radius 3 is 2.78 bits per heavy atom. The van der Waals surface area contributed by atoms with Crippen LogP contribution in [-0.4, -0.2) is 31.8 Å². The first-order chi connectivity index (χ1) is 11.1. The summed E-state index contributed by atoms with van der Waals surface area (Å²) in [5.74, 6) is 0.716. The van der Waals surface area contributed by atoms with Crippen molar-refractivity contribution in [3.63, 3.8) is 0 Å². The Bertz CT molecular complexity index is 658. The summed E-state index contributed by atoms with van der Waals surface area (Å²) in [6.45, 7) is 6.48. The zero-order chi connectivity index (χ0) is 16.4. The summed E-state index contributed by atoms with van der Waals surface area (Å²) in [6, 6.07) is 0.817. The van der Waals surface area contributed by atoms with Crippen molar-refractivity contribution in [3.8, 4) is 0 Å². The lowest BCUT2D eigenvalue weighted by molar-refractivity contribution is 0.111. The lowest BCUT2D eigenvalue weighted by Gasteiger charge is -2.27. The molecule has 2 aromatic heterocycles. The van der Waals surface area contributed by atoms with Crippen LogP contribution in [0.25, 0.3) is 11.0 Å². The standard InChI is InChI=1S/C18H28N4O/c1-4-5-13(3)20-18-19-10-16-12(2)11-22(17(16)21-18)14-6-8-15(23)9-7-14/h10-11,13-15,23H,4-9H2,1-3H3,(H,19,20,21)/t13-,14?,15?/m0/s1. The molecule has 23 heavy (non-hydrogen) atoms. The smallest absolute Gasteiger partial charge is 0.224 e. The number of nitrogens with zero attached hydrogens (tertiary/aromatic N) is 3. The fourth-order valence-electron chi connectivity index (χ4n) is 3.60. The van der Waals surface area contributed by atoms with E-state index in [4.69, 9.17) is 4.98 Å². The van der Waals surface area contributed by atoms with E-state index in [0.717, 1.165) is 49.6 Å². The number of nitrogens with one attached hydrogen (secondary N) is 1. The monoisotopic (exact) mass is 316 g/mol. The van der Waals surface area contributed by atoms with E-state index in [9.17, 15) is 5.11 Å². The predicted molar refractivity (Wildman–Crippen MR) is 93.8 cm³/mol. The summed E-state index contributed by atoms with van der Waals surface area (Å²) < 4.78 is 2.30. The van der Waals surface area contributed by atoms with E-state index in [1.165, 1.54) is 5.56 Å². The second kappa shape index (κ2) is 6.87. The van der Waals surface area contributed by atoms with E-state index in [2.05, 4.69) is 41.8 Å². The zero-order valence-corrected chi connectivity index (χ0v) is 14.4. The second-order valence-corrected chi connectivity index (χ2v) is 6.95. The van der Waals surface area contributed by atoms with Crippen molar-refractivity contribution < 1.29 is 5.11 Å². The van der Waals surface area contributed by atoms with Crippen LogP contribution in [0.15, 0.2) is 12.4 Å². The van der Waals surface area contributed by atoms with Crippen LogP contribution >= 0.6 is 0 Å². The SMILES string of the molecule is CCC[C@H](C)Nc1ncc2c(C)cn(C3CCC(O)CC3)c2n1. The van der Waals surface area contributed by atoms with Gasteiger partial charge in [0.15, 0.2) is 0 Å². The number of aliphatic hydroxyl groups is 1. The molecule has 0 aliphatic heterocycles. The van der Waals surface area contributed by atoms with Gasteiger partial charge in [-0.1, -0.05) is 13.3 Å². The van der Waals surface area contributed by atoms with Crippen LogP contribution in [0.2, 0.25) is 0 Å². The van der Waals surface area contributed by atoms with E-state index in [1.54, 1.807) is 0 Å². The Morgan fingerprint density at radius 2 is 2.09 bits per heavy atom. The van der Waals surface area contributed by atoms with Gasteiger partial charge in [-0.05, 0) is 51.5 Å². The fraction of sp³-hybridized carbons (Fsp3) is 0.667. The van der Waals surface area contributed by atoms with E-state index in [1.807, 2.05) is 6.20 Å². The van der Waals surface area contributed by atoms with Crippen LogP contribution in [0.3, 0.4) is 0 Å². The van der Waals surface area contributed by atoms with Gasteiger partial charge in [0.1, 0.15) is 5.65 Å². The molecule has 0 aromatic carbocycles. The third kappa shape index (κ3) is 3.50. The number of aliphatic hydroxyl groups excluding tert-OH is 1. The van der Waals surface area contributed by atoms with Crippen molar-refractivity contribution in [1.82, 2.24) is 14.5 Å². The fourth-order valence-corrected chi connectivity index (χ4v) is 3.60. The number of aryl methyl sites for hydroxylation is 1. The molecule has 2 heterocycles. The molecule has 0 bridgehead atoms. The highest BCUT2D eigenvalue weighted by atomic mass is 16.3. The lowest BCUT2D eigenvalue weighted by Crippen LogP contribution is -2.21. The number of rotatable bonds is 5. The minimum absolute atomic E-state index is 0.129. The topological polar surface area (TPSA) is 63.0 Å². The molecule has 2 N–H and O–H groups in total. The average Bonchev–Trinajstić information content (AvgIpc) is 2.85. The molecule has 0 saturated heterocycles. The number of hydrogen-bond acceptors (Lipinski definition) is 4. The highest BCUT2D eigenvalue weighted by Crippen LogP contribution is 2.32. The van der Waals surface area contributed by atoms with E-state index in [0.29, 0.717) is 18.0 Å². The van der Waals surface area contributed by atoms with Crippen LogP contribution in [0.4, 0.5) is 5.95 Å². The highest BCUT2D eigenvalue weighted by molar-refractivity contribution is 5.80. The Labute approximate surface area is 138 Å². The van der Waals surface area contributed by atoms with E-state index >= 15 is 0 Å². The maximum Gasteiger partial charge on any atom is 0.224 e. The van der Waals surface area contributed by atoms with Gasteiger partial charge in [-0.15, -0.1) is 0 Å². The van der Waals surface area contributed by atoms with Crippen LogP contribution in [0.5, 0.6) is 0 Å². The first kappa shape index (κ1) is 16.2.